The lowest BCUT2D eigenvalue weighted by Gasteiger charge is -2.05. The number of hydrogen-bond donors (Lipinski definition) is 1. The Morgan fingerprint density at radius 3 is 2.69 bits per heavy atom. The van der Waals surface area contributed by atoms with Crippen LogP contribution in [0.1, 0.15) is 15.9 Å². The quantitative estimate of drug-likeness (QED) is 0.362. The van der Waals surface area contributed by atoms with Crippen molar-refractivity contribution >= 4 is 23.4 Å². The minimum absolute atomic E-state index is 0.0208. The van der Waals surface area contributed by atoms with Gasteiger partial charge in [-0.3, -0.25) is 10.1 Å². The highest BCUT2D eigenvalue weighted by Gasteiger charge is 2.19. The summed E-state index contributed by atoms with van der Waals surface area (Å²) in [6.45, 7) is 3.49. The first-order valence-electron chi connectivity index (χ1n) is 4.30. The maximum absolute atomic E-state index is 11.3. The number of benzene rings is 1. The second kappa shape index (κ2) is 4.43. The van der Waals surface area contributed by atoms with Gasteiger partial charge in [0.25, 0.3) is 5.69 Å². The molecular weight excluding hydrogens is 212 g/mol. The molecule has 0 aliphatic heterocycles. The largest absolute Gasteiger partial charge is 0.465 e. The van der Waals surface area contributed by atoms with Crippen LogP contribution in [0.3, 0.4) is 0 Å². The first kappa shape index (κ1) is 11.7. The number of nitrogens with two attached hydrogens (primary N) is 1. The molecule has 0 aliphatic carbocycles. The second-order valence-corrected chi connectivity index (χ2v) is 2.95. The molecular formula is C10H10N2O4. The molecule has 0 amide bonds. The standard InChI is InChI=1S/C10H10N2O4/c1-3-6-4-8(11)9(12(14)15)5-7(6)10(13)16-2/h3-5H,1,11H2,2H3. The van der Waals surface area contributed by atoms with E-state index >= 15 is 0 Å². The summed E-state index contributed by atoms with van der Waals surface area (Å²) < 4.78 is 4.50. The number of rotatable bonds is 3. The number of hydrogen-bond acceptors (Lipinski definition) is 5. The van der Waals surface area contributed by atoms with Gasteiger partial charge in [0, 0.05) is 6.07 Å². The van der Waals surface area contributed by atoms with Gasteiger partial charge in [0.05, 0.1) is 17.6 Å². The van der Waals surface area contributed by atoms with Gasteiger partial charge in [-0.25, -0.2) is 4.79 Å². The Hall–Kier alpha value is -2.37. The number of nitro benzene ring substituents is 1. The van der Waals surface area contributed by atoms with E-state index in [9.17, 15) is 14.9 Å². The predicted molar refractivity (Wildman–Crippen MR) is 58.9 cm³/mol. The molecule has 0 unspecified atom stereocenters. The van der Waals surface area contributed by atoms with Crippen LogP contribution in [-0.2, 0) is 4.74 Å². The first-order chi connectivity index (χ1) is 7.51. The number of carbonyl (C=O) groups is 1. The summed E-state index contributed by atoms with van der Waals surface area (Å²) in [7, 11) is 1.19. The van der Waals surface area contributed by atoms with Gasteiger partial charge < -0.3 is 10.5 Å². The molecule has 16 heavy (non-hydrogen) atoms. The summed E-state index contributed by atoms with van der Waals surface area (Å²) in [5, 5.41) is 10.6. The van der Waals surface area contributed by atoms with Crippen LogP contribution in [0.15, 0.2) is 18.7 Å². The average molecular weight is 222 g/mol. The maximum Gasteiger partial charge on any atom is 0.338 e. The van der Waals surface area contributed by atoms with Crippen molar-refractivity contribution in [2.24, 2.45) is 0 Å². The number of nitrogens with zero attached hydrogens (tertiary/aromatic N) is 1. The highest BCUT2D eigenvalue weighted by molar-refractivity contribution is 5.95. The SMILES string of the molecule is C=Cc1cc(N)c([N+](=O)[O-])cc1C(=O)OC. The second-order valence-electron chi connectivity index (χ2n) is 2.95. The minimum atomic E-state index is -0.669. The monoisotopic (exact) mass is 222 g/mol. The third-order valence-corrected chi connectivity index (χ3v) is 2.02. The lowest BCUT2D eigenvalue weighted by atomic mass is 10.1. The van der Waals surface area contributed by atoms with Gasteiger partial charge >= 0.3 is 5.97 Å². The van der Waals surface area contributed by atoms with Crippen molar-refractivity contribution in [3.63, 3.8) is 0 Å². The molecule has 84 valence electrons. The summed E-state index contributed by atoms with van der Waals surface area (Å²) in [5.41, 5.74) is 5.58. The fraction of sp³-hybridized carbons (Fsp3) is 0.100. The van der Waals surface area contributed by atoms with Crippen LogP contribution in [0.25, 0.3) is 6.08 Å². The van der Waals surface area contributed by atoms with E-state index in [1.54, 1.807) is 0 Å². The number of carbonyl (C=O) groups excluding carboxylic acids is 1. The van der Waals surface area contributed by atoms with Gasteiger partial charge in [-0.1, -0.05) is 12.7 Å². The molecule has 0 aliphatic rings. The molecule has 0 fully saturated rings. The summed E-state index contributed by atoms with van der Waals surface area (Å²) >= 11 is 0. The number of nitro groups is 1. The van der Waals surface area contributed by atoms with Crippen LogP contribution in [-0.4, -0.2) is 18.0 Å². The predicted octanol–water partition coefficient (Wildman–Crippen LogP) is 1.61. The Labute approximate surface area is 91.5 Å². The number of anilines is 1. The molecule has 6 heteroatoms. The van der Waals surface area contributed by atoms with Crippen molar-refractivity contribution in [3.05, 3.63) is 40.0 Å². The fourth-order valence-corrected chi connectivity index (χ4v) is 1.24. The van der Waals surface area contributed by atoms with Crippen LogP contribution in [0.5, 0.6) is 0 Å². The van der Waals surface area contributed by atoms with Crippen molar-refractivity contribution in [1.82, 2.24) is 0 Å². The Bertz CT molecular complexity index is 468. The van der Waals surface area contributed by atoms with E-state index < -0.39 is 10.9 Å². The Morgan fingerprint density at radius 2 is 2.25 bits per heavy atom. The third kappa shape index (κ3) is 2.00. The molecule has 0 aromatic heterocycles. The van der Waals surface area contributed by atoms with Gasteiger partial charge in [-0.15, -0.1) is 0 Å². The Kier molecular flexibility index (Phi) is 3.24. The molecule has 2 N–H and O–H groups in total. The zero-order valence-corrected chi connectivity index (χ0v) is 8.60. The lowest BCUT2D eigenvalue weighted by Crippen LogP contribution is -2.06. The van der Waals surface area contributed by atoms with E-state index in [-0.39, 0.29) is 16.9 Å². The summed E-state index contributed by atoms with van der Waals surface area (Å²) in [6, 6.07) is 2.40. The van der Waals surface area contributed by atoms with E-state index in [0.29, 0.717) is 5.56 Å². The van der Waals surface area contributed by atoms with Crippen LogP contribution in [0, 0.1) is 10.1 Å². The van der Waals surface area contributed by atoms with Crippen molar-refractivity contribution in [3.8, 4) is 0 Å². The van der Waals surface area contributed by atoms with Gasteiger partial charge in [0.15, 0.2) is 0 Å². The highest BCUT2D eigenvalue weighted by Crippen LogP contribution is 2.26. The zero-order valence-electron chi connectivity index (χ0n) is 8.60. The van der Waals surface area contributed by atoms with E-state index in [1.807, 2.05) is 0 Å². The van der Waals surface area contributed by atoms with Gasteiger partial charge in [-0.05, 0) is 11.6 Å². The van der Waals surface area contributed by atoms with E-state index in [0.717, 1.165) is 6.07 Å². The molecule has 0 radical (unpaired) electrons. The molecule has 1 rings (SSSR count). The van der Waals surface area contributed by atoms with E-state index in [1.165, 1.54) is 19.3 Å². The van der Waals surface area contributed by atoms with Crippen LogP contribution < -0.4 is 5.73 Å². The minimum Gasteiger partial charge on any atom is -0.465 e. The number of nitrogen functional groups attached to an aromatic ring is 1. The number of ether oxygens (including phenoxy) is 1. The molecule has 6 nitrogen and oxygen atoms in total. The first-order valence-corrected chi connectivity index (χ1v) is 4.30. The molecule has 0 bridgehead atoms. The summed E-state index contributed by atoms with van der Waals surface area (Å²) in [6.07, 6.45) is 1.38. The van der Waals surface area contributed by atoms with Crippen molar-refractivity contribution in [2.45, 2.75) is 0 Å². The number of methoxy groups -OCH3 is 1. The Balaban J connectivity index is 3.46. The van der Waals surface area contributed by atoms with Gasteiger partial charge in [0.2, 0.25) is 0 Å². The Morgan fingerprint density at radius 1 is 1.62 bits per heavy atom. The van der Waals surface area contributed by atoms with E-state index in [2.05, 4.69) is 11.3 Å². The fourth-order valence-electron chi connectivity index (χ4n) is 1.24. The van der Waals surface area contributed by atoms with Gasteiger partial charge in [0.1, 0.15) is 5.69 Å². The maximum atomic E-state index is 11.3. The average Bonchev–Trinajstić information content (AvgIpc) is 2.27. The van der Waals surface area contributed by atoms with Crippen molar-refractivity contribution < 1.29 is 14.5 Å². The molecule has 0 spiro atoms. The molecule has 0 heterocycles. The number of esters is 1. The summed E-state index contributed by atoms with van der Waals surface area (Å²) in [4.78, 5) is 21.3. The van der Waals surface area contributed by atoms with Gasteiger partial charge in [-0.2, -0.15) is 0 Å². The topological polar surface area (TPSA) is 95.5 Å². The van der Waals surface area contributed by atoms with E-state index in [4.69, 9.17) is 5.73 Å². The lowest BCUT2D eigenvalue weighted by molar-refractivity contribution is -0.383. The third-order valence-electron chi connectivity index (χ3n) is 2.02. The molecule has 1 aromatic rings. The molecule has 0 atom stereocenters. The van der Waals surface area contributed by atoms with Crippen molar-refractivity contribution in [1.29, 1.82) is 0 Å². The highest BCUT2D eigenvalue weighted by atomic mass is 16.6. The normalized spacial score (nSPS) is 9.56. The van der Waals surface area contributed by atoms with Crippen molar-refractivity contribution in [2.75, 3.05) is 12.8 Å². The smallest absolute Gasteiger partial charge is 0.338 e. The van der Waals surface area contributed by atoms with Crippen LogP contribution >= 0.6 is 0 Å². The molecule has 1 aromatic carbocycles. The van der Waals surface area contributed by atoms with Crippen LogP contribution in [0.4, 0.5) is 11.4 Å². The molecule has 0 saturated heterocycles. The molecule has 0 saturated carbocycles. The zero-order chi connectivity index (χ0) is 12.3. The van der Waals surface area contributed by atoms with Crippen LogP contribution in [0.2, 0.25) is 0 Å². The summed E-state index contributed by atoms with van der Waals surface area (Å²) in [5.74, 6) is -0.669.